The number of benzene rings is 2. The highest BCUT2D eigenvalue weighted by Gasteiger charge is 2.15. The fourth-order valence-electron chi connectivity index (χ4n) is 2.68. The van der Waals surface area contributed by atoms with Gasteiger partial charge in [0.1, 0.15) is 5.82 Å². The fraction of sp³-hybridized carbons (Fsp3) is 0.158. The molecule has 2 aromatic carbocycles. The van der Waals surface area contributed by atoms with Crippen LogP contribution in [-0.4, -0.2) is 20.4 Å². The van der Waals surface area contributed by atoms with Crippen molar-refractivity contribution >= 4 is 17.3 Å². The molecule has 0 saturated heterocycles. The molecule has 0 fully saturated rings. The molecule has 3 aromatic rings. The molecule has 7 heteroatoms. The van der Waals surface area contributed by atoms with Crippen molar-refractivity contribution in [3.8, 4) is 0 Å². The van der Waals surface area contributed by atoms with E-state index in [-0.39, 0.29) is 11.6 Å². The quantitative estimate of drug-likeness (QED) is 0.561. The van der Waals surface area contributed by atoms with E-state index in [2.05, 4.69) is 10.3 Å². The first-order valence-corrected chi connectivity index (χ1v) is 8.07. The highest BCUT2D eigenvalue weighted by atomic mass is 16.6. The highest BCUT2D eigenvalue weighted by Crippen LogP contribution is 2.25. The molecule has 26 heavy (non-hydrogen) atoms. The molecule has 0 aliphatic carbocycles. The molecule has 0 unspecified atom stereocenters. The normalized spacial score (nSPS) is 10.5. The maximum Gasteiger partial charge on any atom is 0.274 e. The van der Waals surface area contributed by atoms with E-state index in [1.165, 1.54) is 6.07 Å². The van der Waals surface area contributed by atoms with Gasteiger partial charge in [0.15, 0.2) is 0 Å². The lowest BCUT2D eigenvalue weighted by Gasteiger charge is -2.10. The Kier molecular flexibility index (Phi) is 4.79. The topological polar surface area (TPSA) is 90.1 Å². The van der Waals surface area contributed by atoms with Gasteiger partial charge in [0.2, 0.25) is 0 Å². The van der Waals surface area contributed by atoms with Crippen LogP contribution in [0.3, 0.4) is 0 Å². The van der Waals surface area contributed by atoms with Gasteiger partial charge in [-0.15, -0.1) is 0 Å². The number of imidazole rings is 1. The number of nitro groups is 1. The fourth-order valence-corrected chi connectivity index (χ4v) is 2.68. The van der Waals surface area contributed by atoms with Crippen LogP contribution in [0.2, 0.25) is 0 Å². The zero-order valence-corrected chi connectivity index (χ0v) is 14.5. The molecule has 0 aliphatic heterocycles. The number of hydrogen-bond acceptors (Lipinski definition) is 4. The van der Waals surface area contributed by atoms with E-state index in [4.69, 9.17) is 0 Å². The minimum absolute atomic E-state index is 0.0196. The molecule has 1 amide bonds. The van der Waals surface area contributed by atoms with Crippen molar-refractivity contribution in [3.05, 3.63) is 87.5 Å². The average Bonchev–Trinajstić information content (AvgIpc) is 3.02. The number of rotatable bonds is 5. The molecule has 3 rings (SSSR count). The second-order valence-corrected chi connectivity index (χ2v) is 5.96. The van der Waals surface area contributed by atoms with Crippen LogP contribution in [0, 0.1) is 24.0 Å². The Morgan fingerprint density at radius 1 is 1.19 bits per heavy atom. The maximum absolute atomic E-state index is 12.4. The van der Waals surface area contributed by atoms with Crippen LogP contribution in [0.1, 0.15) is 27.3 Å². The molecule has 0 spiro atoms. The van der Waals surface area contributed by atoms with Crippen molar-refractivity contribution in [1.82, 2.24) is 9.55 Å². The van der Waals surface area contributed by atoms with Gasteiger partial charge in [-0.1, -0.05) is 18.2 Å². The van der Waals surface area contributed by atoms with Gasteiger partial charge in [-0.05, 0) is 37.6 Å². The number of hydrogen-bond donors (Lipinski definition) is 1. The molecule has 0 radical (unpaired) electrons. The molecule has 132 valence electrons. The Hall–Kier alpha value is -3.48. The zero-order valence-electron chi connectivity index (χ0n) is 14.5. The minimum Gasteiger partial charge on any atom is -0.331 e. The predicted molar refractivity (Wildman–Crippen MR) is 98.3 cm³/mol. The SMILES string of the molecule is Cc1c(NC(=O)c2ccc(Cn3ccnc3C)cc2)cccc1[N+](=O)[O-]. The van der Waals surface area contributed by atoms with Gasteiger partial charge in [-0.2, -0.15) is 0 Å². The summed E-state index contributed by atoms with van der Waals surface area (Å²) in [4.78, 5) is 27.2. The summed E-state index contributed by atoms with van der Waals surface area (Å²) in [6.45, 7) is 4.23. The average molecular weight is 350 g/mol. The van der Waals surface area contributed by atoms with Crippen molar-refractivity contribution in [2.45, 2.75) is 20.4 Å². The Balaban J connectivity index is 1.74. The molecule has 0 bridgehead atoms. The second-order valence-electron chi connectivity index (χ2n) is 5.96. The van der Waals surface area contributed by atoms with Gasteiger partial charge in [-0.3, -0.25) is 14.9 Å². The Labute approximate surface area is 150 Å². The first-order chi connectivity index (χ1) is 12.5. The summed E-state index contributed by atoms with van der Waals surface area (Å²) in [5, 5.41) is 13.7. The standard InChI is InChI=1S/C19H18N4O3/c1-13-17(4-3-5-18(13)23(25)26)21-19(24)16-8-6-15(7-9-16)12-22-11-10-20-14(22)2/h3-11H,12H2,1-2H3,(H,21,24). The van der Waals surface area contributed by atoms with E-state index in [1.54, 1.807) is 37.4 Å². The van der Waals surface area contributed by atoms with Gasteiger partial charge >= 0.3 is 0 Å². The van der Waals surface area contributed by atoms with E-state index >= 15 is 0 Å². The molecule has 1 aromatic heterocycles. The maximum atomic E-state index is 12.4. The Morgan fingerprint density at radius 2 is 1.92 bits per heavy atom. The summed E-state index contributed by atoms with van der Waals surface area (Å²) in [5.41, 5.74) is 2.38. The van der Waals surface area contributed by atoms with E-state index in [0.717, 1.165) is 11.4 Å². The van der Waals surface area contributed by atoms with E-state index < -0.39 is 4.92 Å². The minimum atomic E-state index is -0.460. The smallest absolute Gasteiger partial charge is 0.274 e. The summed E-state index contributed by atoms with van der Waals surface area (Å²) < 4.78 is 2.02. The van der Waals surface area contributed by atoms with Crippen molar-refractivity contribution in [1.29, 1.82) is 0 Å². The van der Waals surface area contributed by atoms with Gasteiger partial charge in [0.25, 0.3) is 11.6 Å². The number of aryl methyl sites for hydroxylation is 1. The summed E-state index contributed by atoms with van der Waals surface area (Å²) in [6.07, 6.45) is 3.65. The predicted octanol–water partition coefficient (Wildman–Crippen LogP) is 3.71. The Morgan fingerprint density at radius 3 is 2.54 bits per heavy atom. The van der Waals surface area contributed by atoms with Gasteiger partial charge in [0, 0.05) is 30.6 Å². The van der Waals surface area contributed by atoms with Crippen molar-refractivity contribution in [2.75, 3.05) is 5.32 Å². The number of nitro benzene ring substituents is 1. The lowest BCUT2D eigenvalue weighted by molar-refractivity contribution is -0.385. The van der Waals surface area contributed by atoms with Crippen LogP contribution >= 0.6 is 0 Å². The van der Waals surface area contributed by atoms with Crippen LogP contribution in [0.25, 0.3) is 0 Å². The highest BCUT2D eigenvalue weighted by molar-refractivity contribution is 6.04. The lowest BCUT2D eigenvalue weighted by Crippen LogP contribution is -2.13. The number of nitrogens with zero attached hydrogens (tertiary/aromatic N) is 3. The van der Waals surface area contributed by atoms with Gasteiger partial charge in [-0.25, -0.2) is 4.98 Å². The third kappa shape index (κ3) is 3.61. The number of carbonyl (C=O) groups is 1. The number of anilines is 1. The first kappa shape index (κ1) is 17.3. The number of aromatic nitrogens is 2. The van der Waals surface area contributed by atoms with Gasteiger partial charge in [0.05, 0.1) is 16.2 Å². The lowest BCUT2D eigenvalue weighted by atomic mass is 10.1. The summed E-state index contributed by atoms with van der Waals surface area (Å²) in [5.74, 6) is 0.618. The van der Waals surface area contributed by atoms with Crippen LogP contribution in [0.15, 0.2) is 54.9 Å². The van der Waals surface area contributed by atoms with Crippen LogP contribution in [0.4, 0.5) is 11.4 Å². The van der Waals surface area contributed by atoms with Crippen molar-refractivity contribution < 1.29 is 9.72 Å². The van der Waals surface area contributed by atoms with Crippen molar-refractivity contribution in [2.24, 2.45) is 0 Å². The molecule has 0 aliphatic rings. The van der Waals surface area contributed by atoms with Crippen LogP contribution < -0.4 is 5.32 Å². The first-order valence-electron chi connectivity index (χ1n) is 8.07. The molecular weight excluding hydrogens is 332 g/mol. The van der Waals surface area contributed by atoms with Gasteiger partial charge < -0.3 is 9.88 Å². The molecule has 0 saturated carbocycles. The van der Waals surface area contributed by atoms with Crippen LogP contribution in [-0.2, 0) is 6.54 Å². The summed E-state index contributed by atoms with van der Waals surface area (Å²) in [7, 11) is 0. The molecule has 1 N–H and O–H groups in total. The van der Waals surface area contributed by atoms with Crippen molar-refractivity contribution in [3.63, 3.8) is 0 Å². The molecule has 0 atom stereocenters. The largest absolute Gasteiger partial charge is 0.331 e. The third-order valence-corrected chi connectivity index (χ3v) is 4.24. The summed E-state index contributed by atoms with van der Waals surface area (Å²) in [6, 6.07) is 11.9. The molecule has 1 heterocycles. The zero-order chi connectivity index (χ0) is 18.7. The molecular formula is C19H18N4O3. The Bertz CT molecular complexity index is 961. The summed E-state index contributed by atoms with van der Waals surface area (Å²) >= 11 is 0. The monoisotopic (exact) mass is 350 g/mol. The number of amides is 1. The van der Waals surface area contributed by atoms with E-state index in [1.807, 2.05) is 29.8 Å². The second kappa shape index (κ2) is 7.18. The third-order valence-electron chi connectivity index (χ3n) is 4.24. The van der Waals surface area contributed by atoms with Crippen LogP contribution in [0.5, 0.6) is 0 Å². The molecule has 7 nitrogen and oxygen atoms in total. The number of carbonyl (C=O) groups excluding carboxylic acids is 1. The van der Waals surface area contributed by atoms with E-state index in [0.29, 0.717) is 23.4 Å². The number of nitrogens with one attached hydrogen (secondary N) is 1. The van der Waals surface area contributed by atoms with E-state index in [9.17, 15) is 14.9 Å².